The monoisotopic (exact) mass is 912 g/mol. The third kappa shape index (κ3) is 14.6. The van der Waals surface area contributed by atoms with E-state index in [1.807, 2.05) is 71.3 Å². The highest BCUT2D eigenvalue weighted by atomic mass is 32.2. The molecule has 1 saturated heterocycles. The number of hydrogen-bond donors (Lipinski definition) is 3. The molecule has 1 fully saturated rings. The summed E-state index contributed by atoms with van der Waals surface area (Å²) in [6.45, 7) is 0.925. The number of unbranched alkanes of at least 4 members (excludes halogenated alkanes) is 2. The second kappa shape index (κ2) is 20.5. The fourth-order valence-electron chi connectivity index (χ4n) is 6.50. The van der Waals surface area contributed by atoms with Crippen LogP contribution in [0.5, 0.6) is 0 Å². The third-order valence-corrected chi connectivity index (χ3v) is 13.9. The first-order chi connectivity index (χ1) is 27.8. The molecule has 2 amide bonds. The Morgan fingerprint density at radius 3 is 2.05 bits per heavy atom. The molecule has 0 saturated carbocycles. The van der Waals surface area contributed by atoms with Crippen LogP contribution in [0.4, 0.5) is 5.69 Å². The maximum Gasteiger partial charge on any atom is 0.333 e. The van der Waals surface area contributed by atoms with E-state index in [0.717, 1.165) is 42.0 Å². The number of aryl methyl sites for hydroxylation is 3. The zero-order valence-corrected chi connectivity index (χ0v) is 36.1. The largest absolute Gasteiger partial charge is 0.335 e. The first-order valence-electron chi connectivity index (χ1n) is 18.9. The molecule has 3 aromatic rings. The van der Waals surface area contributed by atoms with Gasteiger partial charge in [0.1, 0.15) is 4.70 Å². The summed E-state index contributed by atoms with van der Waals surface area (Å²) in [7, 11) is -12.3. The molecule has 0 aliphatic carbocycles. The fourth-order valence-corrected chi connectivity index (χ4v) is 10.3. The number of hydroxylamine groups is 2. The molecule has 2 aliphatic rings. The van der Waals surface area contributed by atoms with Crippen LogP contribution in [0.15, 0.2) is 70.6 Å². The summed E-state index contributed by atoms with van der Waals surface area (Å²) in [6, 6.07) is 11.6. The molecule has 21 heteroatoms. The van der Waals surface area contributed by atoms with E-state index in [-0.39, 0.29) is 50.0 Å². The van der Waals surface area contributed by atoms with Crippen molar-refractivity contribution in [2.75, 3.05) is 28.7 Å². The van der Waals surface area contributed by atoms with E-state index in [2.05, 4.69) is 4.90 Å². The topological polar surface area (TPSA) is 234 Å². The number of thiazole rings is 1. The molecular weight excluding hydrogens is 867 g/mol. The van der Waals surface area contributed by atoms with Crippen LogP contribution in [0.3, 0.4) is 0 Å². The molecule has 0 atom stereocenters. The lowest BCUT2D eigenvalue weighted by atomic mass is 10.1. The normalized spacial score (nSPS) is 15.8. The van der Waals surface area contributed by atoms with Crippen molar-refractivity contribution in [2.45, 2.75) is 82.1 Å². The number of aromatic nitrogens is 1. The molecule has 0 unspecified atom stereocenters. The van der Waals surface area contributed by atoms with Gasteiger partial charge in [0.25, 0.3) is 47.2 Å². The van der Waals surface area contributed by atoms with Gasteiger partial charge in [0.2, 0.25) is 5.52 Å². The standard InChI is InChI=1S/C38H45N3O13S5/c42-34-19-20-35(43)41(34)54-38(44)14-5-2-6-21-39-30-17-15-28(10-7-23-57(45,46)47)26-32(30)55-36(39)12-3-1-4-13-37-40(22-9-25-59(51,52)53)31-18-16-29(27-33(31)56-37)11-8-24-58(48,49)50/h1,3-4,12-13,15-18,26-27H,2,5-11,14,19-25H2,(H2-,45,46,47,48,49,50,51,52,53)/p+1. The molecule has 59 heavy (non-hydrogen) atoms. The maximum absolute atomic E-state index is 12.3. The number of benzene rings is 2. The lowest BCUT2D eigenvalue weighted by Crippen LogP contribution is -2.36. The van der Waals surface area contributed by atoms with E-state index in [1.54, 1.807) is 11.8 Å². The average molecular weight is 913 g/mol. The quantitative estimate of drug-likeness (QED) is 0.0382. The number of carbonyl (C=O) groups excluding carboxylic acids is 3. The third-order valence-electron chi connectivity index (χ3n) is 9.27. The number of imide groups is 1. The highest BCUT2D eigenvalue weighted by molar-refractivity contribution is 8.03. The minimum atomic E-state index is -4.15. The molecule has 0 radical (unpaired) electrons. The average Bonchev–Trinajstić information content (AvgIpc) is 3.77. The number of nitrogens with zero attached hydrogens (tertiary/aromatic N) is 3. The van der Waals surface area contributed by atoms with Crippen LogP contribution in [-0.4, -0.2) is 85.6 Å². The van der Waals surface area contributed by atoms with Crippen LogP contribution in [-0.2, 0) is 69.0 Å². The van der Waals surface area contributed by atoms with Gasteiger partial charge < -0.3 is 9.74 Å². The SMILES string of the molecule is O=C(CCCCCN1/C(=C/C=C/C=C/c2sc3cc(CCCS(=O)(=O)O)ccc3[n+]2CCCS(=O)(=O)O)Sc2cc(CCCS(=O)(=O)O)ccc21)ON1C(=O)CCC1=O. The van der Waals surface area contributed by atoms with Crippen molar-refractivity contribution < 1.29 is 62.7 Å². The highest BCUT2D eigenvalue weighted by Crippen LogP contribution is 2.46. The van der Waals surface area contributed by atoms with Crippen LogP contribution in [0.1, 0.15) is 73.9 Å². The van der Waals surface area contributed by atoms with E-state index in [4.69, 9.17) is 13.9 Å². The predicted octanol–water partition coefficient (Wildman–Crippen LogP) is 5.30. The summed E-state index contributed by atoms with van der Waals surface area (Å²) >= 11 is 3.01. The summed E-state index contributed by atoms with van der Waals surface area (Å²) in [5.74, 6) is -2.79. The number of rotatable bonds is 22. The van der Waals surface area contributed by atoms with Gasteiger partial charge in [0.05, 0.1) is 28.0 Å². The molecule has 2 aromatic carbocycles. The minimum Gasteiger partial charge on any atom is -0.335 e. The number of anilines is 1. The summed E-state index contributed by atoms with van der Waals surface area (Å²) in [4.78, 5) is 43.9. The Hall–Kier alpha value is -3.96. The van der Waals surface area contributed by atoms with Gasteiger partial charge in [0.15, 0.2) is 6.54 Å². The molecule has 3 heterocycles. The van der Waals surface area contributed by atoms with Gasteiger partial charge in [-0.3, -0.25) is 23.2 Å². The number of amides is 2. The molecule has 0 bridgehead atoms. The van der Waals surface area contributed by atoms with E-state index in [1.165, 1.54) is 11.3 Å². The van der Waals surface area contributed by atoms with Crippen LogP contribution >= 0.6 is 23.1 Å². The van der Waals surface area contributed by atoms with Gasteiger partial charge in [-0.2, -0.15) is 29.8 Å². The van der Waals surface area contributed by atoms with Crippen molar-refractivity contribution in [3.63, 3.8) is 0 Å². The van der Waals surface area contributed by atoms with E-state index < -0.39 is 53.9 Å². The molecule has 2 aliphatic heterocycles. The van der Waals surface area contributed by atoms with Crippen LogP contribution < -0.4 is 9.47 Å². The van der Waals surface area contributed by atoms with Crippen molar-refractivity contribution >= 4 is 93.2 Å². The Balaban J connectivity index is 1.28. The van der Waals surface area contributed by atoms with Gasteiger partial charge in [0, 0.05) is 49.3 Å². The first-order valence-corrected chi connectivity index (χ1v) is 25.3. The van der Waals surface area contributed by atoms with Crippen LogP contribution in [0, 0.1) is 0 Å². The number of fused-ring (bicyclic) bond motifs is 2. The smallest absolute Gasteiger partial charge is 0.333 e. The lowest BCUT2D eigenvalue weighted by molar-refractivity contribution is -0.668. The Morgan fingerprint density at radius 1 is 0.763 bits per heavy atom. The van der Waals surface area contributed by atoms with Crippen molar-refractivity contribution in [1.82, 2.24) is 5.06 Å². The second-order valence-electron chi connectivity index (χ2n) is 14.0. The molecule has 0 spiro atoms. The summed E-state index contributed by atoms with van der Waals surface area (Å²) in [5.41, 5.74) is 3.61. The molecule has 5 rings (SSSR count). The van der Waals surface area contributed by atoms with Crippen molar-refractivity contribution in [2.24, 2.45) is 0 Å². The highest BCUT2D eigenvalue weighted by Gasteiger charge is 2.33. The Labute approximate surface area is 351 Å². The van der Waals surface area contributed by atoms with Gasteiger partial charge in [-0.05, 0) is 73.9 Å². The number of allylic oxidation sites excluding steroid dienone is 4. The number of thioether (sulfide) groups is 1. The van der Waals surface area contributed by atoms with Gasteiger partial charge in [-0.15, -0.1) is 5.06 Å². The van der Waals surface area contributed by atoms with Crippen LogP contribution in [0.25, 0.3) is 16.3 Å². The van der Waals surface area contributed by atoms with Gasteiger partial charge in [-0.25, -0.2) is 4.79 Å². The second-order valence-corrected chi connectivity index (χ2v) is 20.8. The van der Waals surface area contributed by atoms with E-state index in [0.29, 0.717) is 50.3 Å². The minimum absolute atomic E-state index is 0.0247. The molecule has 16 nitrogen and oxygen atoms in total. The zero-order chi connectivity index (χ0) is 42.8. The van der Waals surface area contributed by atoms with Gasteiger partial charge >= 0.3 is 5.97 Å². The lowest BCUT2D eigenvalue weighted by Gasteiger charge is -2.20. The molecule has 1 aromatic heterocycles. The Bertz CT molecular complexity index is 2460. The maximum atomic E-state index is 12.3. The summed E-state index contributed by atoms with van der Waals surface area (Å²) in [5, 5.41) is 2.29. The molecule has 320 valence electrons. The van der Waals surface area contributed by atoms with E-state index in [9.17, 15) is 44.2 Å². The summed E-state index contributed by atoms with van der Waals surface area (Å²) in [6.07, 6.45) is 13.0. The molecular formula is C38H46N3O13S5+. The number of hydrogen-bond acceptors (Lipinski definition) is 13. The van der Waals surface area contributed by atoms with Crippen molar-refractivity contribution in [3.8, 4) is 0 Å². The summed E-state index contributed by atoms with van der Waals surface area (Å²) < 4.78 is 98.1. The Morgan fingerprint density at radius 2 is 1.39 bits per heavy atom. The van der Waals surface area contributed by atoms with Gasteiger partial charge in [-0.1, -0.05) is 59.9 Å². The fraction of sp³-hybridized carbons (Fsp3) is 0.421. The number of carbonyl (C=O) groups is 3. The van der Waals surface area contributed by atoms with Crippen molar-refractivity contribution in [1.29, 1.82) is 0 Å². The van der Waals surface area contributed by atoms with E-state index >= 15 is 0 Å². The predicted molar refractivity (Wildman–Crippen MR) is 224 cm³/mol. The Kier molecular flexibility index (Phi) is 16.1. The zero-order valence-electron chi connectivity index (χ0n) is 32.0. The molecule has 3 N–H and O–H groups in total. The van der Waals surface area contributed by atoms with Crippen LogP contribution in [0.2, 0.25) is 0 Å². The first kappa shape index (κ1) is 46.1. The van der Waals surface area contributed by atoms with Crippen molar-refractivity contribution in [3.05, 3.63) is 81.9 Å².